The Morgan fingerprint density at radius 3 is 2.70 bits per heavy atom. The summed E-state index contributed by atoms with van der Waals surface area (Å²) < 4.78 is 1.65. The zero-order valence-electron chi connectivity index (χ0n) is 11.6. The fraction of sp³-hybridized carbons (Fsp3) is 0.385. The molecule has 0 fully saturated rings. The molecule has 0 bridgehead atoms. The van der Waals surface area contributed by atoms with Gasteiger partial charge in [0.2, 0.25) is 0 Å². The number of aliphatic carboxylic acids is 1. The van der Waals surface area contributed by atoms with Crippen molar-refractivity contribution < 1.29 is 9.90 Å². The zero-order chi connectivity index (χ0) is 14.7. The summed E-state index contributed by atoms with van der Waals surface area (Å²) in [6, 6.07) is 5.58. The Hall–Kier alpha value is -1.89. The lowest BCUT2D eigenvalue weighted by Gasteiger charge is -2.04. The first-order chi connectivity index (χ1) is 9.47. The maximum absolute atomic E-state index is 10.7. The molecule has 1 N–H and O–H groups in total. The van der Waals surface area contributed by atoms with Crippen LogP contribution in [0.4, 0.5) is 0 Å². The van der Waals surface area contributed by atoms with E-state index < -0.39 is 5.97 Å². The molecule has 2 rings (SSSR count). The number of aryl methyl sites for hydroxylation is 1. The van der Waals surface area contributed by atoms with Crippen molar-refractivity contribution in [1.29, 1.82) is 0 Å². The van der Waals surface area contributed by atoms with Gasteiger partial charge in [0.05, 0.1) is 17.1 Å². The molecule has 0 aliphatic carbocycles. The third kappa shape index (κ3) is 3.36. The van der Waals surface area contributed by atoms with Crippen molar-refractivity contribution in [2.45, 2.75) is 31.7 Å². The number of rotatable bonds is 5. The van der Waals surface area contributed by atoms with Gasteiger partial charge in [0, 0.05) is 0 Å². The summed E-state index contributed by atoms with van der Waals surface area (Å²) in [6.45, 7) is 5.94. The van der Waals surface area contributed by atoms with E-state index in [9.17, 15) is 4.79 Å². The van der Waals surface area contributed by atoms with Crippen LogP contribution >= 0.6 is 11.8 Å². The Kier molecular flexibility index (Phi) is 4.39. The van der Waals surface area contributed by atoms with Gasteiger partial charge in [-0.25, -0.2) is 4.68 Å². The lowest BCUT2D eigenvalue weighted by molar-refractivity contribution is -0.133. The summed E-state index contributed by atoms with van der Waals surface area (Å²) in [5.41, 5.74) is 1.73. The van der Waals surface area contributed by atoms with Gasteiger partial charge in [-0.15, -0.1) is 5.10 Å². The topological polar surface area (TPSA) is 80.9 Å². The Morgan fingerprint density at radius 1 is 1.40 bits per heavy atom. The first-order valence-electron chi connectivity index (χ1n) is 6.22. The Bertz CT molecular complexity index is 607. The monoisotopic (exact) mass is 292 g/mol. The second-order valence-corrected chi connectivity index (χ2v) is 5.68. The smallest absolute Gasteiger partial charge is 0.313 e. The fourth-order valence-corrected chi connectivity index (χ4v) is 2.30. The van der Waals surface area contributed by atoms with Crippen LogP contribution in [0.2, 0.25) is 0 Å². The Labute approximate surface area is 121 Å². The van der Waals surface area contributed by atoms with Crippen molar-refractivity contribution in [3.63, 3.8) is 0 Å². The molecule has 7 heteroatoms. The van der Waals surface area contributed by atoms with E-state index in [-0.39, 0.29) is 11.7 Å². The van der Waals surface area contributed by atoms with Gasteiger partial charge in [-0.1, -0.05) is 25.6 Å². The molecule has 0 spiro atoms. The standard InChI is InChI=1S/C13H16N4O2S/c1-8(2)10-6-12(20-7-13(18)19)17(16-10)11-5-4-9(3)14-15-11/h4-6,8H,7H2,1-3H3,(H,18,19). The van der Waals surface area contributed by atoms with Crippen molar-refractivity contribution in [3.05, 3.63) is 29.6 Å². The molecule has 0 unspecified atom stereocenters. The van der Waals surface area contributed by atoms with E-state index in [1.165, 1.54) is 11.8 Å². The van der Waals surface area contributed by atoms with Crippen molar-refractivity contribution in [2.24, 2.45) is 0 Å². The van der Waals surface area contributed by atoms with Crippen LogP contribution < -0.4 is 0 Å². The van der Waals surface area contributed by atoms with Gasteiger partial charge >= 0.3 is 5.97 Å². The average Bonchev–Trinajstić information content (AvgIpc) is 2.81. The molecule has 2 heterocycles. The molecule has 2 aromatic heterocycles. The van der Waals surface area contributed by atoms with E-state index in [4.69, 9.17) is 5.11 Å². The summed E-state index contributed by atoms with van der Waals surface area (Å²) in [6.07, 6.45) is 0. The summed E-state index contributed by atoms with van der Waals surface area (Å²) in [4.78, 5) is 10.7. The van der Waals surface area contributed by atoms with Gasteiger partial charge in [-0.05, 0) is 31.0 Å². The molecule has 0 amide bonds. The number of carboxylic acid groups (broad SMARTS) is 1. The van der Waals surface area contributed by atoms with Gasteiger partial charge in [0.25, 0.3) is 0 Å². The Morgan fingerprint density at radius 2 is 2.15 bits per heavy atom. The maximum Gasteiger partial charge on any atom is 0.313 e. The van der Waals surface area contributed by atoms with Crippen LogP contribution in [-0.4, -0.2) is 36.8 Å². The molecule has 0 aliphatic heterocycles. The summed E-state index contributed by atoms with van der Waals surface area (Å²) >= 11 is 1.23. The van der Waals surface area contributed by atoms with E-state index in [2.05, 4.69) is 15.3 Å². The van der Waals surface area contributed by atoms with Crippen LogP contribution in [0, 0.1) is 6.92 Å². The molecular weight excluding hydrogens is 276 g/mol. The van der Waals surface area contributed by atoms with E-state index in [0.29, 0.717) is 5.82 Å². The van der Waals surface area contributed by atoms with Crippen molar-refractivity contribution >= 4 is 17.7 Å². The molecular formula is C13H16N4O2S. The number of thioether (sulfide) groups is 1. The number of carboxylic acids is 1. The van der Waals surface area contributed by atoms with Crippen molar-refractivity contribution in [3.8, 4) is 5.82 Å². The number of hydrogen-bond donors (Lipinski definition) is 1. The average molecular weight is 292 g/mol. The van der Waals surface area contributed by atoms with Gasteiger partial charge in [-0.2, -0.15) is 10.2 Å². The van der Waals surface area contributed by atoms with Crippen molar-refractivity contribution in [2.75, 3.05) is 5.75 Å². The molecule has 20 heavy (non-hydrogen) atoms. The number of carbonyl (C=O) groups is 1. The molecule has 0 aliphatic rings. The highest BCUT2D eigenvalue weighted by Crippen LogP contribution is 2.25. The van der Waals surface area contributed by atoms with Crippen LogP contribution in [-0.2, 0) is 4.79 Å². The molecule has 6 nitrogen and oxygen atoms in total. The highest BCUT2D eigenvalue weighted by atomic mass is 32.2. The zero-order valence-corrected chi connectivity index (χ0v) is 12.4. The Balaban J connectivity index is 2.38. The molecule has 0 saturated carbocycles. The van der Waals surface area contributed by atoms with E-state index in [1.807, 2.05) is 39.0 Å². The van der Waals surface area contributed by atoms with Gasteiger partial charge in [0.1, 0.15) is 5.03 Å². The minimum absolute atomic E-state index is 0.0114. The highest BCUT2D eigenvalue weighted by molar-refractivity contribution is 7.99. The van der Waals surface area contributed by atoms with Crippen LogP contribution in [0.15, 0.2) is 23.2 Å². The second kappa shape index (κ2) is 6.04. The van der Waals surface area contributed by atoms with Gasteiger partial charge < -0.3 is 5.11 Å². The first-order valence-corrected chi connectivity index (χ1v) is 7.21. The van der Waals surface area contributed by atoms with Crippen LogP contribution in [0.5, 0.6) is 0 Å². The predicted octanol–water partition coefficient (Wildman–Crippen LogP) is 2.27. The number of hydrogen-bond acceptors (Lipinski definition) is 5. The predicted molar refractivity (Wildman–Crippen MR) is 76.3 cm³/mol. The summed E-state index contributed by atoms with van der Waals surface area (Å²) in [5.74, 6) is -0.0132. The summed E-state index contributed by atoms with van der Waals surface area (Å²) in [5, 5.41) is 22.2. The van der Waals surface area contributed by atoms with Gasteiger partial charge in [0.15, 0.2) is 5.82 Å². The summed E-state index contributed by atoms with van der Waals surface area (Å²) in [7, 11) is 0. The lowest BCUT2D eigenvalue weighted by atomic mass is 10.1. The number of aromatic nitrogens is 4. The number of nitrogens with zero attached hydrogens (tertiary/aromatic N) is 4. The van der Waals surface area contributed by atoms with Crippen molar-refractivity contribution in [1.82, 2.24) is 20.0 Å². The third-order valence-corrected chi connectivity index (χ3v) is 3.61. The molecule has 2 aromatic rings. The van der Waals surface area contributed by atoms with E-state index >= 15 is 0 Å². The highest BCUT2D eigenvalue weighted by Gasteiger charge is 2.14. The van der Waals surface area contributed by atoms with Crippen LogP contribution in [0.25, 0.3) is 5.82 Å². The fourth-order valence-electron chi connectivity index (χ4n) is 1.57. The van der Waals surface area contributed by atoms with E-state index in [0.717, 1.165) is 16.4 Å². The lowest BCUT2D eigenvalue weighted by Crippen LogP contribution is -2.05. The van der Waals surface area contributed by atoms with E-state index in [1.54, 1.807) is 4.68 Å². The van der Waals surface area contributed by atoms with Crippen LogP contribution in [0.3, 0.4) is 0 Å². The normalized spacial score (nSPS) is 11.0. The molecule has 0 aromatic carbocycles. The maximum atomic E-state index is 10.7. The third-order valence-electron chi connectivity index (χ3n) is 2.63. The molecule has 0 radical (unpaired) electrons. The minimum atomic E-state index is -0.858. The largest absolute Gasteiger partial charge is 0.481 e. The molecule has 0 atom stereocenters. The molecule has 0 saturated heterocycles. The quantitative estimate of drug-likeness (QED) is 0.851. The molecule has 106 valence electrons. The first kappa shape index (κ1) is 14.5. The van der Waals surface area contributed by atoms with Gasteiger partial charge in [-0.3, -0.25) is 4.79 Å². The van der Waals surface area contributed by atoms with Crippen LogP contribution in [0.1, 0.15) is 31.2 Å². The SMILES string of the molecule is Cc1ccc(-n2nc(C(C)C)cc2SCC(=O)O)nn1. The minimum Gasteiger partial charge on any atom is -0.481 e. The second-order valence-electron chi connectivity index (χ2n) is 4.69.